The molecule has 30 heavy (non-hydrogen) atoms. The number of phenolic OH excluding ortho intramolecular Hbond substituents is 1. The van der Waals surface area contributed by atoms with Gasteiger partial charge in [-0.15, -0.1) is 0 Å². The number of Topliss-reactive ketones (excluding diaryl/α,β-unsaturated/α-hetero) is 2. The first-order valence-electron chi connectivity index (χ1n) is 10.00. The lowest BCUT2D eigenvalue weighted by atomic mass is 9.85. The van der Waals surface area contributed by atoms with E-state index in [4.69, 9.17) is 9.52 Å². The van der Waals surface area contributed by atoms with E-state index >= 15 is 0 Å². The van der Waals surface area contributed by atoms with Crippen molar-refractivity contribution in [2.75, 3.05) is 0 Å². The SMILES string of the molecule is CC(=O)c1cc(Br)ccc1O.Cc1c(C(=O)C2CCCCC2)oc2ccc(Br)cc12. The molecule has 0 saturated heterocycles. The Labute approximate surface area is 192 Å². The molecule has 158 valence electrons. The Balaban J connectivity index is 0.000000199. The zero-order valence-corrected chi connectivity index (χ0v) is 20.2. The summed E-state index contributed by atoms with van der Waals surface area (Å²) >= 11 is 6.66. The van der Waals surface area contributed by atoms with E-state index < -0.39 is 0 Å². The standard InChI is InChI=1S/C16H17BrO2.C8H7BrO2/c1-10-13-9-12(17)7-8-14(13)19-16(10)15(18)11-5-3-2-4-6-11;1-5(10)7-4-6(9)2-3-8(7)11/h7-9,11H,2-6H2,1H3;2-4,11H,1H3. The topological polar surface area (TPSA) is 67.5 Å². The number of hydrogen-bond acceptors (Lipinski definition) is 4. The van der Waals surface area contributed by atoms with Gasteiger partial charge in [-0.1, -0.05) is 51.1 Å². The number of halogens is 2. The fraction of sp³-hybridized carbons (Fsp3) is 0.333. The number of aromatic hydroxyl groups is 1. The average molecular weight is 536 g/mol. The van der Waals surface area contributed by atoms with Crippen molar-refractivity contribution in [3.8, 4) is 5.75 Å². The molecule has 4 rings (SSSR count). The Kier molecular flexibility index (Phi) is 7.53. The van der Waals surface area contributed by atoms with E-state index in [-0.39, 0.29) is 23.2 Å². The van der Waals surface area contributed by atoms with Crippen LogP contribution in [-0.4, -0.2) is 16.7 Å². The highest BCUT2D eigenvalue weighted by atomic mass is 79.9. The number of furan rings is 1. The van der Waals surface area contributed by atoms with Crippen molar-refractivity contribution < 1.29 is 19.1 Å². The maximum Gasteiger partial charge on any atom is 0.201 e. The molecule has 1 aromatic heterocycles. The summed E-state index contributed by atoms with van der Waals surface area (Å²) in [6, 6.07) is 10.6. The molecule has 1 saturated carbocycles. The van der Waals surface area contributed by atoms with Gasteiger partial charge in [0.05, 0.1) is 5.56 Å². The third kappa shape index (κ3) is 5.22. The minimum absolute atomic E-state index is 0.0284. The van der Waals surface area contributed by atoms with Crippen molar-refractivity contribution in [2.45, 2.75) is 46.0 Å². The number of phenols is 1. The minimum Gasteiger partial charge on any atom is -0.507 e. The van der Waals surface area contributed by atoms with Crippen LogP contribution in [0.3, 0.4) is 0 Å². The van der Waals surface area contributed by atoms with Crippen molar-refractivity contribution in [2.24, 2.45) is 5.92 Å². The fourth-order valence-corrected chi connectivity index (χ4v) is 4.49. The van der Waals surface area contributed by atoms with E-state index in [0.29, 0.717) is 11.3 Å². The van der Waals surface area contributed by atoms with E-state index in [0.717, 1.165) is 38.3 Å². The van der Waals surface area contributed by atoms with Crippen molar-refractivity contribution in [1.82, 2.24) is 0 Å². The Morgan fingerprint density at radius 3 is 2.27 bits per heavy atom. The average Bonchev–Trinajstić information content (AvgIpc) is 3.06. The van der Waals surface area contributed by atoms with Gasteiger partial charge >= 0.3 is 0 Å². The van der Waals surface area contributed by atoms with Gasteiger partial charge in [0.2, 0.25) is 5.78 Å². The van der Waals surface area contributed by atoms with Crippen molar-refractivity contribution in [1.29, 1.82) is 0 Å². The lowest BCUT2D eigenvalue weighted by Gasteiger charge is -2.19. The molecule has 0 spiro atoms. The van der Waals surface area contributed by atoms with Gasteiger partial charge in [-0.25, -0.2) is 0 Å². The second kappa shape index (κ2) is 9.92. The first-order chi connectivity index (χ1) is 14.3. The molecule has 3 aromatic rings. The van der Waals surface area contributed by atoms with E-state index in [2.05, 4.69) is 31.9 Å². The third-order valence-electron chi connectivity index (χ3n) is 5.44. The summed E-state index contributed by atoms with van der Waals surface area (Å²) in [6.07, 6.45) is 5.62. The van der Waals surface area contributed by atoms with E-state index in [1.807, 2.05) is 25.1 Å². The number of benzene rings is 2. The van der Waals surface area contributed by atoms with Crippen LogP contribution in [-0.2, 0) is 0 Å². The molecule has 6 heteroatoms. The molecule has 1 aliphatic rings. The molecule has 0 aliphatic heterocycles. The summed E-state index contributed by atoms with van der Waals surface area (Å²) < 4.78 is 7.60. The number of rotatable bonds is 3. The molecule has 1 N–H and O–H groups in total. The molecule has 0 radical (unpaired) electrons. The molecule has 0 atom stereocenters. The zero-order valence-electron chi connectivity index (χ0n) is 17.0. The summed E-state index contributed by atoms with van der Waals surface area (Å²) in [5.74, 6) is 0.825. The molecule has 1 heterocycles. The summed E-state index contributed by atoms with van der Waals surface area (Å²) in [6.45, 7) is 3.40. The van der Waals surface area contributed by atoms with E-state index in [1.165, 1.54) is 32.3 Å². The lowest BCUT2D eigenvalue weighted by molar-refractivity contribution is 0.0861. The second-order valence-corrected chi connectivity index (χ2v) is 9.44. The molecule has 1 fully saturated rings. The molecular weight excluding hydrogens is 512 g/mol. The largest absolute Gasteiger partial charge is 0.507 e. The highest BCUT2D eigenvalue weighted by Gasteiger charge is 2.27. The van der Waals surface area contributed by atoms with E-state index in [1.54, 1.807) is 12.1 Å². The third-order valence-corrected chi connectivity index (χ3v) is 6.42. The van der Waals surface area contributed by atoms with Gasteiger partial charge in [-0.3, -0.25) is 9.59 Å². The number of aryl methyl sites for hydroxylation is 1. The number of carbonyl (C=O) groups excluding carboxylic acids is 2. The quantitative estimate of drug-likeness (QED) is 0.350. The fourth-order valence-electron chi connectivity index (χ4n) is 3.77. The summed E-state index contributed by atoms with van der Waals surface area (Å²) in [7, 11) is 0. The molecule has 0 amide bonds. The smallest absolute Gasteiger partial charge is 0.201 e. The molecule has 4 nitrogen and oxygen atoms in total. The predicted molar refractivity (Wildman–Crippen MR) is 125 cm³/mol. The minimum atomic E-state index is -0.135. The Bertz CT molecular complexity index is 1080. The maximum atomic E-state index is 12.6. The van der Waals surface area contributed by atoms with Gasteiger partial charge in [0.15, 0.2) is 11.5 Å². The van der Waals surface area contributed by atoms with Crippen LogP contribution < -0.4 is 0 Å². The van der Waals surface area contributed by atoms with Crippen LogP contribution >= 0.6 is 31.9 Å². The van der Waals surface area contributed by atoms with Gasteiger partial charge in [0.1, 0.15) is 11.3 Å². The lowest BCUT2D eigenvalue weighted by Crippen LogP contribution is -2.17. The van der Waals surface area contributed by atoms with Crippen LogP contribution in [0.4, 0.5) is 0 Å². The van der Waals surface area contributed by atoms with Crippen molar-refractivity contribution >= 4 is 54.4 Å². The second-order valence-electron chi connectivity index (χ2n) is 7.61. The molecular formula is C24H24Br2O4. The van der Waals surface area contributed by atoms with Gasteiger partial charge in [0.25, 0.3) is 0 Å². The van der Waals surface area contributed by atoms with Crippen molar-refractivity contribution in [3.05, 3.63) is 62.2 Å². The number of hydrogen-bond donors (Lipinski definition) is 1. The number of fused-ring (bicyclic) bond motifs is 1. The zero-order chi connectivity index (χ0) is 21.8. The number of carbonyl (C=O) groups is 2. The van der Waals surface area contributed by atoms with Crippen molar-refractivity contribution in [3.63, 3.8) is 0 Å². The normalized spacial score (nSPS) is 14.3. The summed E-state index contributed by atoms with van der Waals surface area (Å²) in [4.78, 5) is 23.4. The van der Waals surface area contributed by atoms with Gasteiger partial charge < -0.3 is 9.52 Å². The van der Waals surface area contributed by atoms with Gasteiger partial charge in [0, 0.05) is 25.8 Å². The van der Waals surface area contributed by atoms with Crippen LogP contribution in [0, 0.1) is 12.8 Å². The molecule has 2 aromatic carbocycles. The van der Waals surface area contributed by atoms with Crippen LogP contribution in [0.2, 0.25) is 0 Å². The first kappa shape index (κ1) is 22.8. The predicted octanol–water partition coefficient (Wildman–Crippen LogP) is 7.62. The highest BCUT2D eigenvalue weighted by molar-refractivity contribution is 9.10. The first-order valence-corrected chi connectivity index (χ1v) is 11.6. The highest BCUT2D eigenvalue weighted by Crippen LogP contribution is 2.33. The van der Waals surface area contributed by atoms with E-state index in [9.17, 15) is 9.59 Å². The van der Waals surface area contributed by atoms with Crippen LogP contribution in [0.1, 0.15) is 65.5 Å². The summed E-state index contributed by atoms with van der Waals surface area (Å²) in [5.41, 5.74) is 2.13. The molecule has 0 unspecified atom stereocenters. The van der Waals surface area contributed by atoms with Crippen LogP contribution in [0.5, 0.6) is 5.75 Å². The maximum absolute atomic E-state index is 12.6. The molecule has 0 bridgehead atoms. The monoisotopic (exact) mass is 534 g/mol. The Morgan fingerprint density at radius 2 is 1.63 bits per heavy atom. The van der Waals surface area contributed by atoms with Crippen LogP contribution in [0.15, 0.2) is 49.8 Å². The van der Waals surface area contributed by atoms with Gasteiger partial charge in [-0.2, -0.15) is 0 Å². The number of ketones is 2. The van der Waals surface area contributed by atoms with Gasteiger partial charge in [-0.05, 0) is 63.1 Å². The Hall–Kier alpha value is -1.92. The molecule has 1 aliphatic carbocycles. The summed E-state index contributed by atoms with van der Waals surface area (Å²) in [5, 5.41) is 10.2. The Morgan fingerprint density at radius 1 is 1.00 bits per heavy atom. The van der Waals surface area contributed by atoms with Crippen LogP contribution in [0.25, 0.3) is 11.0 Å².